The van der Waals surface area contributed by atoms with Crippen molar-refractivity contribution in [1.82, 2.24) is 15.6 Å². The zero-order chi connectivity index (χ0) is 17.6. The van der Waals surface area contributed by atoms with Gasteiger partial charge in [0.25, 0.3) is 0 Å². The number of pyridine rings is 1. The first kappa shape index (κ1) is 17.4. The van der Waals surface area contributed by atoms with Crippen LogP contribution in [0.3, 0.4) is 0 Å². The lowest BCUT2D eigenvalue weighted by atomic mass is 9.76. The molecule has 0 radical (unpaired) electrons. The maximum Gasteiger partial charge on any atom is 0.315 e. The predicted octanol–water partition coefficient (Wildman–Crippen LogP) is 2.57. The highest BCUT2D eigenvalue weighted by atomic mass is 19.1. The summed E-state index contributed by atoms with van der Waals surface area (Å²) in [5, 5.41) is 15.3. The minimum atomic E-state index is -0.312. The molecular formula is C19H22FN3O2. The van der Waals surface area contributed by atoms with Crippen LogP contribution in [0.25, 0.3) is 0 Å². The smallest absolute Gasteiger partial charge is 0.315 e. The second kappa shape index (κ2) is 8.07. The van der Waals surface area contributed by atoms with E-state index in [1.165, 1.54) is 6.07 Å². The van der Waals surface area contributed by atoms with E-state index in [1.54, 1.807) is 24.4 Å². The third-order valence-electron chi connectivity index (χ3n) is 4.55. The first-order chi connectivity index (χ1) is 12.1. The van der Waals surface area contributed by atoms with Crippen LogP contribution in [0.4, 0.5) is 9.18 Å². The molecule has 0 aliphatic heterocycles. The fraction of sp³-hybridized carbons (Fsp3) is 0.368. The van der Waals surface area contributed by atoms with E-state index in [0.29, 0.717) is 31.4 Å². The van der Waals surface area contributed by atoms with Crippen LogP contribution in [0, 0.1) is 11.7 Å². The van der Waals surface area contributed by atoms with Gasteiger partial charge in [-0.15, -0.1) is 0 Å². The van der Waals surface area contributed by atoms with E-state index in [9.17, 15) is 14.3 Å². The van der Waals surface area contributed by atoms with E-state index in [0.717, 1.165) is 5.69 Å². The molecule has 1 fully saturated rings. The molecule has 1 aromatic carbocycles. The number of amides is 2. The SMILES string of the molecule is O=C(NCCc1ccccc1F)N[C@H](c1ccccn1)C1CC(O)C1. The Morgan fingerprint density at radius 3 is 2.68 bits per heavy atom. The summed E-state index contributed by atoms with van der Waals surface area (Å²) >= 11 is 0. The van der Waals surface area contributed by atoms with E-state index in [4.69, 9.17) is 0 Å². The Labute approximate surface area is 146 Å². The summed E-state index contributed by atoms with van der Waals surface area (Å²) in [5.74, 6) is -0.0956. The Morgan fingerprint density at radius 2 is 2.00 bits per heavy atom. The van der Waals surface area contributed by atoms with Crippen LogP contribution in [0.5, 0.6) is 0 Å². The Kier molecular flexibility index (Phi) is 5.60. The molecule has 2 aromatic rings. The summed E-state index contributed by atoms with van der Waals surface area (Å²) in [6, 6.07) is 11.6. The van der Waals surface area contributed by atoms with E-state index in [1.807, 2.05) is 18.2 Å². The quantitative estimate of drug-likeness (QED) is 0.755. The fourth-order valence-electron chi connectivity index (χ4n) is 3.10. The van der Waals surface area contributed by atoms with E-state index in [2.05, 4.69) is 15.6 Å². The number of hydrogen-bond acceptors (Lipinski definition) is 3. The number of aliphatic hydroxyl groups is 1. The molecular weight excluding hydrogens is 321 g/mol. The molecule has 0 unspecified atom stereocenters. The molecule has 0 spiro atoms. The van der Waals surface area contributed by atoms with Crippen molar-refractivity contribution < 1.29 is 14.3 Å². The molecule has 5 nitrogen and oxygen atoms in total. The molecule has 1 saturated carbocycles. The van der Waals surface area contributed by atoms with Crippen LogP contribution in [0.2, 0.25) is 0 Å². The minimum absolute atomic E-state index is 0.169. The average molecular weight is 343 g/mol. The van der Waals surface area contributed by atoms with Crippen LogP contribution in [-0.4, -0.2) is 28.8 Å². The van der Waals surface area contributed by atoms with Crippen LogP contribution < -0.4 is 10.6 Å². The number of halogens is 1. The number of urea groups is 1. The summed E-state index contributed by atoms with van der Waals surface area (Å²) in [6.07, 6.45) is 3.11. The lowest BCUT2D eigenvalue weighted by Gasteiger charge is -2.37. The molecule has 3 rings (SSSR count). The number of benzene rings is 1. The highest BCUT2D eigenvalue weighted by Gasteiger charge is 2.36. The number of aliphatic hydroxyl groups excluding tert-OH is 1. The summed E-state index contributed by atoms with van der Waals surface area (Å²) in [4.78, 5) is 16.5. The number of rotatable bonds is 6. The van der Waals surface area contributed by atoms with Crippen molar-refractivity contribution in [1.29, 1.82) is 0 Å². The summed E-state index contributed by atoms with van der Waals surface area (Å²) in [5.41, 5.74) is 1.36. The molecule has 1 aliphatic rings. The van der Waals surface area contributed by atoms with Gasteiger partial charge in [0.05, 0.1) is 17.8 Å². The molecule has 1 aliphatic carbocycles. The largest absolute Gasteiger partial charge is 0.393 e. The van der Waals surface area contributed by atoms with Crippen LogP contribution in [-0.2, 0) is 6.42 Å². The third-order valence-corrected chi connectivity index (χ3v) is 4.55. The van der Waals surface area contributed by atoms with Gasteiger partial charge in [0.2, 0.25) is 0 Å². The third kappa shape index (κ3) is 4.54. The van der Waals surface area contributed by atoms with Crippen molar-refractivity contribution >= 4 is 6.03 Å². The molecule has 0 saturated heterocycles. The van der Waals surface area contributed by atoms with Gasteiger partial charge in [0.1, 0.15) is 5.82 Å². The monoisotopic (exact) mass is 343 g/mol. The van der Waals surface area contributed by atoms with Crippen molar-refractivity contribution in [3.8, 4) is 0 Å². The molecule has 0 bridgehead atoms. The first-order valence-corrected chi connectivity index (χ1v) is 8.50. The van der Waals surface area contributed by atoms with Gasteiger partial charge >= 0.3 is 6.03 Å². The van der Waals surface area contributed by atoms with Crippen molar-refractivity contribution in [2.75, 3.05) is 6.54 Å². The average Bonchev–Trinajstić information content (AvgIpc) is 2.60. The predicted molar refractivity (Wildman–Crippen MR) is 92.3 cm³/mol. The van der Waals surface area contributed by atoms with E-state index < -0.39 is 0 Å². The number of carbonyl (C=O) groups is 1. The fourth-order valence-corrected chi connectivity index (χ4v) is 3.10. The molecule has 1 aromatic heterocycles. The Balaban J connectivity index is 1.54. The maximum absolute atomic E-state index is 13.6. The summed E-state index contributed by atoms with van der Waals surface area (Å²) < 4.78 is 13.6. The molecule has 1 heterocycles. The van der Waals surface area contributed by atoms with Gasteiger partial charge in [0, 0.05) is 12.7 Å². The minimum Gasteiger partial charge on any atom is -0.393 e. The molecule has 132 valence electrons. The van der Waals surface area contributed by atoms with Crippen molar-refractivity contribution in [2.45, 2.75) is 31.4 Å². The van der Waals surface area contributed by atoms with Crippen molar-refractivity contribution in [3.05, 3.63) is 65.7 Å². The number of nitrogens with zero attached hydrogens (tertiary/aromatic N) is 1. The Morgan fingerprint density at radius 1 is 1.24 bits per heavy atom. The topological polar surface area (TPSA) is 74.2 Å². The van der Waals surface area contributed by atoms with E-state index >= 15 is 0 Å². The van der Waals surface area contributed by atoms with Gasteiger partial charge in [-0.3, -0.25) is 4.98 Å². The second-order valence-corrected chi connectivity index (χ2v) is 6.36. The number of carbonyl (C=O) groups excluding carboxylic acids is 1. The Bertz CT molecular complexity index is 705. The van der Waals surface area contributed by atoms with Gasteiger partial charge in [0.15, 0.2) is 0 Å². The zero-order valence-electron chi connectivity index (χ0n) is 13.9. The number of nitrogens with one attached hydrogen (secondary N) is 2. The standard InChI is InChI=1S/C19H22FN3O2/c20-16-6-2-1-5-13(16)8-10-22-19(25)23-18(14-11-15(24)12-14)17-7-3-4-9-21-17/h1-7,9,14-15,18,24H,8,10-12H2,(H2,22,23,25)/t14?,15?,18-/m0/s1. The maximum atomic E-state index is 13.6. The van der Waals surface area contributed by atoms with Crippen LogP contribution in [0.15, 0.2) is 48.7 Å². The van der Waals surface area contributed by atoms with Crippen molar-refractivity contribution in [2.24, 2.45) is 5.92 Å². The number of aromatic nitrogens is 1. The van der Waals surface area contributed by atoms with Crippen LogP contribution >= 0.6 is 0 Å². The van der Waals surface area contributed by atoms with Gasteiger partial charge in [-0.2, -0.15) is 0 Å². The van der Waals surface area contributed by atoms with Crippen molar-refractivity contribution in [3.63, 3.8) is 0 Å². The first-order valence-electron chi connectivity index (χ1n) is 8.50. The van der Waals surface area contributed by atoms with Gasteiger partial charge in [-0.05, 0) is 48.9 Å². The van der Waals surface area contributed by atoms with Crippen LogP contribution in [0.1, 0.15) is 30.1 Å². The highest BCUT2D eigenvalue weighted by Crippen LogP contribution is 2.37. The molecule has 6 heteroatoms. The Hall–Kier alpha value is -2.47. The molecule has 3 N–H and O–H groups in total. The molecule has 1 atom stereocenters. The summed E-state index contributed by atoms with van der Waals surface area (Å²) in [6.45, 7) is 0.342. The lowest BCUT2D eigenvalue weighted by molar-refractivity contribution is 0.0252. The summed E-state index contributed by atoms with van der Waals surface area (Å²) in [7, 11) is 0. The van der Waals surface area contributed by atoms with Gasteiger partial charge in [-0.1, -0.05) is 24.3 Å². The number of hydrogen-bond donors (Lipinski definition) is 3. The van der Waals surface area contributed by atoms with E-state index in [-0.39, 0.29) is 29.9 Å². The lowest BCUT2D eigenvalue weighted by Crippen LogP contribution is -2.45. The van der Waals surface area contributed by atoms with Gasteiger partial charge in [-0.25, -0.2) is 9.18 Å². The molecule has 25 heavy (non-hydrogen) atoms. The second-order valence-electron chi connectivity index (χ2n) is 6.36. The highest BCUT2D eigenvalue weighted by molar-refractivity contribution is 5.74. The van der Waals surface area contributed by atoms with Gasteiger partial charge < -0.3 is 15.7 Å². The molecule has 2 amide bonds. The zero-order valence-corrected chi connectivity index (χ0v) is 13.9. The normalized spacial score (nSPS) is 20.4.